The second-order valence-corrected chi connectivity index (χ2v) is 11.8. The number of nitrogens with zero attached hydrogens (tertiary/aromatic N) is 3. The Morgan fingerprint density at radius 3 is 2.40 bits per heavy atom. The topological polar surface area (TPSA) is 199 Å². The van der Waals surface area contributed by atoms with Crippen molar-refractivity contribution >= 4 is 29.1 Å². The van der Waals surface area contributed by atoms with Gasteiger partial charge in [-0.2, -0.15) is 0 Å². The van der Waals surface area contributed by atoms with E-state index in [1.165, 1.54) is 4.90 Å². The van der Waals surface area contributed by atoms with Gasteiger partial charge in [-0.15, -0.1) is 0 Å². The first-order valence-electron chi connectivity index (χ1n) is 13.7. The number of phenols is 1. The molecule has 5 rings (SSSR count). The van der Waals surface area contributed by atoms with Crippen molar-refractivity contribution in [2.45, 2.75) is 31.0 Å². The lowest BCUT2D eigenvalue weighted by Gasteiger charge is -2.50. The number of primary amides is 1. The molecule has 3 aliphatic rings. The highest BCUT2D eigenvalue weighted by Crippen LogP contribution is 2.53. The first-order valence-corrected chi connectivity index (χ1v) is 13.7. The zero-order valence-electron chi connectivity index (χ0n) is 24.5. The van der Waals surface area contributed by atoms with Gasteiger partial charge >= 0.3 is 0 Å². The van der Waals surface area contributed by atoms with Gasteiger partial charge in [-0.3, -0.25) is 24.1 Å². The van der Waals surface area contributed by atoms with Crippen molar-refractivity contribution in [1.82, 2.24) is 14.8 Å². The van der Waals surface area contributed by atoms with Crippen LogP contribution in [0.3, 0.4) is 0 Å². The Hall–Kier alpha value is -4.62. The molecule has 0 saturated heterocycles. The Balaban J connectivity index is 1.63. The fourth-order valence-electron chi connectivity index (χ4n) is 6.85. The number of hydrogen-bond donors (Lipinski definition) is 6. The number of benzene rings is 1. The fraction of sp³-hybridized carbons (Fsp3) is 0.400. The highest BCUT2D eigenvalue weighted by atomic mass is 16.3. The summed E-state index contributed by atoms with van der Waals surface area (Å²) in [5, 5.41) is 48.3. The van der Waals surface area contributed by atoms with Crippen LogP contribution in [0.5, 0.6) is 5.75 Å². The van der Waals surface area contributed by atoms with Gasteiger partial charge in [0.25, 0.3) is 11.8 Å². The maximum absolute atomic E-state index is 14.1. The molecule has 2 unspecified atom stereocenters. The summed E-state index contributed by atoms with van der Waals surface area (Å²) in [6, 6.07) is 3.97. The first kappa shape index (κ1) is 29.9. The standard InChI is InChI=1S/C30H35N5O8/c1-33(2)18-11-14(12-32-29(42)17-7-6-8-35(17)5)23(36)20-15(18)9-13-10-16-22(34(3)4)25(38)21(28(31)41)27(40)30(16,43)26(39)19(13)24(20)37/h6-8,11,13,16,22,36,38-39,43H,9-10,12H2,1-5H3,(H2,31,41)(H,32,42)/t13?,16?,22-,30-/m0/s1. The molecule has 1 heterocycles. The summed E-state index contributed by atoms with van der Waals surface area (Å²) in [6.07, 6.45) is 1.87. The summed E-state index contributed by atoms with van der Waals surface area (Å²) >= 11 is 0. The smallest absolute Gasteiger partial charge is 0.268 e. The van der Waals surface area contributed by atoms with Gasteiger partial charge in [0.1, 0.15) is 28.5 Å². The van der Waals surface area contributed by atoms with Gasteiger partial charge < -0.3 is 40.9 Å². The molecule has 0 aliphatic heterocycles. The van der Waals surface area contributed by atoms with E-state index in [-0.39, 0.29) is 36.1 Å². The number of aliphatic hydroxyl groups excluding tert-OH is 2. The molecule has 7 N–H and O–H groups in total. The highest BCUT2D eigenvalue weighted by molar-refractivity contribution is 6.25. The number of amides is 2. The normalized spacial score (nSPS) is 25.0. The molecule has 1 aromatic carbocycles. The minimum Gasteiger partial charge on any atom is -0.510 e. The maximum Gasteiger partial charge on any atom is 0.268 e. The molecule has 0 radical (unpaired) electrons. The van der Waals surface area contributed by atoms with E-state index < -0.39 is 69.7 Å². The molecule has 0 spiro atoms. The highest BCUT2D eigenvalue weighted by Gasteiger charge is 2.63. The minimum atomic E-state index is -2.72. The molecule has 0 fully saturated rings. The van der Waals surface area contributed by atoms with Crippen molar-refractivity contribution in [2.75, 3.05) is 33.1 Å². The van der Waals surface area contributed by atoms with Crippen LogP contribution in [0.25, 0.3) is 0 Å². The Morgan fingerprint density at radius 2 is 1.84 bits per heavy atom. The van der Waals surface area contributed by atoms with Gasteiger partial charge in [0.15, 0.2) is 11.4 Å². The van der Waals surface area contributed by atoms with Crippen LogP contribution < -0.4 is 16.0 Å². The molecule has 43 heavy (non-hydrogen) atoms. The number of phenolic OH excluding ortho intramolecular Hbond substituents is 1. The number of rotatable bonds is 6. The van der Waals surface area contributed by atoms with Crippen LogP contribution in [-0.4, -0.2) is 93.1 Å². The average molecular weight is 594 g/mol. The van der Waals surface area contributed by atoms with Gasteiger partial charge in [0.2, 0.25) is 5.78 Å². The molecule has 2 amide bonds. The number of allylic oxidation sites excluding steroid dienone is 1. The van der Waals surface area contributed by atoms with E-state index in [0.29, 0.717) is 16.9 Å². The van der Waals surface area contributed by atoms with Crippen LogP contribution in [-0.2, 0) is 29.6 Å². The summed E-state index contributed by atoms with van der Waals surface area (Å²) < 4.78 is 1.64. The summed E-state index contributed by atoms with van der Waals surface area (Å²) in [4.78, 5) is 55.8. The third-order valence-electron chi connectivity index (χ3n) is 8.88. The van der Waals surface area contributed by atoms with Crippen molar-refractivity contribution in [3.8, 4) is 5.75 Å². The zero-order valence-corrected chi connectivity index (χ0v) is 24.5. The number of nitrogens with one attached hydrogen (secondary N) is 1. The molecular formula is C30H35N5O8. The van der Waals surface area contributed by atoms with Gasteiger partial charge in [-0.25, -0.2) is 0 Å². The number of aliphatic hydroxyl groups is 3. The zero-order chi connectivity index (χ0) is 31.7. The Labute approximate surface area is 247 Å². The largest absolute Gasteiger partial charge is 0.510 e. The molecule has 13 heteroatoms. The number of aromatic nitrogens is 1. The fourth-order valence-corrected chi connectivity index (χ4v) is 6.85. The van der Waals surface area contributed by atoms with E-state index in [0.717, 1.165) is 0 Å². The number of anilines is 1. The number of Topliss-reactive ketones (excluding diaryl/α,β-unsaturated/α-hetero) is 2. The molecule has 228 valence electrons. The SMILES string of the molecule is CN(C)c1cc(CNC(=O)c2cccn2C)c(O)c2c1CC1CC3[C@H](N(C)C)C(O)=C(C(N)=O)C(=O)[C@@]3(O)C(O)=C1C2=O. The van der Waals surface area contributed by atoms with Crippen LogP contribution in [0, 0.1) is 11.8 Å². The summed E-state index contributed by atoms with van der Waals surface area (Å²) in [5.41, 5.74) is 3.19. The van der Waals surface area contributed by atoms with Crippen LogP contribution in [0.2, 0.25) is 0 Å². The Bertz CT molecular complexity index is 1650. The molecule has 2 aromatic rings. The minimum absolute atomic E-state index is 0.00609. The summed E-state index contributed by atoms with van der Waals surface area (Å²) in [7, 11) is 8.40. The maximum atomic E-state index is 14.1. The second-order valence-electron chi connectivity index (χ2n) is 11.8. The molecule has 0 saturated carbocycles. The molecule has 4 atom stereocenters. The number of nitrogens with two attached hydrogens (primary N) is 1. The molecule has 3 aliphatic carbocycles. The molecular weight excluding hydrogens is 558 g/mol. The lowest BCUT2D eigenvalue weighted by atomic mass is 9.58. The van der Waals surface area contributed by atoms with Crippen molar-refractivity contribution in [1.29, 1.82) is 0 Å². The molecule has 1 aromatic heterocycles. The number of carbonyl (C=O) groups excluding carboxylic acids is 4. The van der Waals surface area contributed by atoms with E-state index in [2.05, 4.69) is 5.32 Å². The van der Waals surface area contributed by atoms with E-state index >= 15 is 0 Å². The predicted molar refractivity (Wildman–Crippen MR) is 155 cm³/mol. The van der Waals surface area contributed by atoms with Crippen molar-refractivity contribution in [2.24, 2.45) is 24.6 Å². The molecule has 0 bridgehead atoms. The number of carbonyl (C=O) groups is 4. The van der Waals surface area contributed by atoms with Crippen LogP contribution in [0.4, 0.5) is 5.69 Å². The lowest BCUT2D eigenvalue weighted by Crippen LogP contribution is -2.63. The van der Waals surface area contributed by atoms with E-state index in [1.54, 1.807) is 69.1 Å². The monoisotopic (exact) mass is 593 g/mol. The number of fused-ring (bicyclic) bond motifs is 3. The number of hydrogen-bond acceptors (Lipinski definition) is 10. The second kappa shape index (κ2) is 10.3. The van der Waals surface area contributed by atoms with Gasteiger partial charge in [-0.05, 0) is 56.6 Å². The lowest BCUT2D eigenvalue weighted by molar-refractivity contribution is -0.148. The number of ketones is 2. The Kier molecular flexibility index (Phi) is 7.14. The Morgan fingerprint density at radius 1 is 1.16 bits per heavy atom. The van der Waals surface area contributed by atoms with Crippen molar-refractivity contribution < 1.29 is 39.6 Å². The first-order chi connectivity index (χ1) is 20.1. The summed E-state index contributed by atoms with van der Waals surface area (Å²) in [5.74, 6) is -7.51. The number of aryl methyl sites for hydroxylation is 1. The van der Waals surface area contributed by atoms with Crippen LogP contribution in [0.15, 0.2) is 47.1 Å². The van der Waals surface area contributed by atoms with Crippen LogP contribution in [0.1, 0.15) is 38.4 Å². The summed E-state index contributed by atoms with van der Waals surface area (Å²) in [6.45, 7) is -0.118. The quantitative estimate of drug-likeness (QED) is 0.256. The van der Waals surface area contributed by atoms with Crippen molar-refractivity contribution in [3.63, 3.8) is 0 Å². The molecule has 13 nitrogen and oxygen atoms in total. The average Bonchev–Trinajstić information content (AvgIpc) is 3.35. The van der Waals surface area contributed by atoms with E-state index in [9.17, 15) is 39.6 Å². The van der Waals surface area contributed by atoms with Gasteiger partial charge in [0.05, 0.1) is 11.6 Å². The predicted octanol–water partition coefficient (Wildman–Crippen LogP) is 0.455. The van der Waals surface area contributed by atoms with Crippen molar-refractivity contribution in [3.05, 3.63) is 69.4 Å². The van der Waals surface area contributed by atoms with Gasteiger partial charge in [0, 0.05) is 56.6 Å². The van der Waals surface area contributed by atoms with Crippen LogP contribution >= 0.6 is 0 Å². The third-order valence-corrected chi connectivity index (χ3v) is 8.88. The third kappa shape index (κ3) is 4.29. The van der Waals surface area contributed by atoms with E-state index in [4.69, 9.17) is 5.73 Å². The number of likely N-dealkylation sites (N-methyl/N-ethyl adjacent to an activating group) is 1. The van der Waals surface area contributed by atoms with Gasteiger partial charge in [-0.1, -0.05) is 0 Å². The number of aromatic hydroxyl groups is 1. The van der Waals surface area contributed by atoms with E-state index in [1.807, 2.05) is 0 Å².